The maximum Gasteiger partial charge on any atom is 0.336 e. The Morgan fingerprint density at radius 3 is 2.67 bits per heavy atom. The van der Waals surface area contributed by atoms with Crippen LogP contribution in [0.1, 0.15) is 16.9 Å². The molecule has 0 radical (unpaired) electrons. The number of hydrogen-bond donors (Lipinski definition) is 0. The monoisotopic (exact) mass is 459 g/mol. The van der Waals surface area contributed by atoms with Gasteiger partial charge in [0.2, 0.25) is 0 Å². The summed E-state index contributed by atoms with van der Waals surface area (Å²) in [5.41, 5.74) is 3.01. The molecule has 0 aliphatic heterocycles. The molecule has 2 aromatic carbocycles. The lowest BCUT2D eigenvalue weighted by Gasteiger charge is -2.11. The van der Waals surface area contributed by atoms with Crippen molar-refractivity contribution in [2.75, 3.05) is 7.11 Å². The van der Waals surface area contributed by atoms with Crippen LogP contribution in [0.5, 0.6) is 5.75 Å². The fraction of sp³-hybridized carbons (Fsp3) is 0.160. The molecule has 0 fully saturated rings. The first-order chi connectivity index (χ1) is 16.1. The molecule has 0 N–H and O–H groups in total. The van der Waals surface area contributed by atoms with E-state index in [-0.39, 0.29) is 0 Å². The van der Waals surface area contributed by atoms with Crippen molar-refractivity contribution in [1.29, 1.82) is 0 Å². The minimum absolute atomic E-state index is 0.396. The molecular formula is C25H21N3O4S. The zero-order valence-corrected chi connectivity index (χ0v) is 19.0. The molecule has 3 aromatic heterocycles. The van der Waals surface area contributed by atoms with E-state index in [0.717, 1.165) is 38.8 Å². The van der Waals surface area contributed by atoms with Gasteiger partial charge in [-0.25, -0.2) is 4.79 Å². The number of rotatable bonds is 7. The van der Waals surface area contributed by atoms with Crippen LogP contribution >= 0.6 is 11.8 Å². The lowest BCUT2D eigenvalue weighted by atomic mass is 10.1. The van der Waals surface area contributed by atoms with Crippen LogP contribution in [0, 0.1) is 6.92 Å². The van der Waals surface area contributed by atoms with Crippen LogP contribution in [0.15, 0.2) is 85.7 Å². The number of methoxy groups -OCH3 is 1. The summed E-state index contributed by atoms with van der Waals surface area (Å²) >= 11 is 1.52. The minimum atomic E-state index is -0.396. The van der Waals surface area contributed by atoms with E-state index >= 15 is 0 Å². The lowest BCUT2D eigenvalue weighted by molar-refractivity contribution is 0.414. The number of aryl methyl sites for hydroxylation is 1. The topological polar surface area (TPSA) is 83.3 Å². The minimum Gasteiger partial charge on any atom is -0.497 e. The van der Waals surface area contributed by atoms with Gasteiger partial charge in [-0.15, -0.1) is 10.2 Å². The van der Waals surface area contributed by atoms with E-state index in [9.17, 15) is 4.79 Å². The third-order valence-corrected chi connectivity index (χ3v) is 6.41. The van der Waals surface area contributed by atoms with Crippen molar-refractivity contribution in [2.24, 2.45) is 0 Å². The molecule has 0 saturated heterocycles. The van der Waals surface area contributed by atoms with Gasteiger partial charge in [-0.05, 0) is 36.2 Å². The van der Waals surface area contributed by atoms with Crippen LogP contribution in [0.25, 0.3) is 22.4 Å². The van der Waals surface area contributed by atoms with Crippen molar-refractivity contribution in [3.8, 4) is 17.1 Å². The second-order valence-electron chi connectivity index (χ2n) is 7.51. The maximum absolute atomic E-state index is 12.2. The number of thioether (sulfide) groups is 1. The quantitative estimate of drug-likeness (QED) is 0.241. The molecule has 166 valence electrons. The first-order valence-corrected chi connectivity index (χ1v) is 11.4. The second kappa shape index (κ2) is 8.99. The first kappa shape index (κ1) is 21.1. The molecule has 0 unspecified atom stereocenters. The van der Waals surface area contributed by atoms with E-state index < -0.39 is 5.63 Å². The molecule has 0 saturated carbocycles. The standard InChI is InChI=1S/C25H21N3O4S/c1-16-20(10-11-31-16)24-26-27-25(28(24)14-17-6-4-3-5-7-17)33-15-18-12-23(29)32-22-13-19(30-2)8-9-21(18)22/h3-13H,14-15H2,1-2H3. The van der Waals surface area contributed by atoms with Gasteiger partial charge in [0.15, 0.2) is 11.0 Å². The van der Waals surface area contributed by atoms with Crippen molar-refractivity contribution < 1.29 is 13.6 Å². The molecule has 0 aliphatic rings. The molecule has 0 bridgehead atoms. The zero-order valence-electron chi connectivity index (χ0n) is 18.1. The second-order valence-corrected chi connectivity index (χ2v) is 8.45. The van der Waals surface area contributed by atoms with Gasteiger partial charge < -0.3 is 13.6 Å². The summed E-state index contributed by atoms with van der Waals surface area (Å²) in [7, 11) is 1.58. The zero-order chi connectivity index (χ0) is 22.8. The predicted molar refractivity (Wildman–Crippen MR) is 127 cm³/mol. The number of aromatic nitrogens is 3. The van der Waals surface area contributed by atoms with E-state index in [4.69, 9.17) is 13.6 Å². The van der Waals surface area contributed by atoms with Gasteiger partial charge in [-0.3, -0.25) is 4.57 Å². The Balaban J connectivity index is 1.51. The Bertz CT molecular complexity index is 1470. The number of ether oxygens (including phenoxy) is 1. The average molecular weight is 460 g/mol. The van der Waals surface area contributed by atoms with Crippen LogP contribution in [0.2, 0.25) is 0 Å². The SMILES string of the molecule is COc1ccc2c(CSc3nnc(-c4ccoc4C)n3Cc3ccccc3)cc(=O)oc2c1. The van der Waals surface area contributed by atoms with E-state index in [2.05, 4.69) is 26.9 Å². The Hall–Kier alpha value is -3.78. The highest BCUT2D eigenvalue weighted by Gasteiger charge is 2.18. The number of fused-ring (bicyclic) bond motifs is 1. The highest BCUT2D eigenvalue weighted by molar-refractivity contribution is 7.98. The summed E-state index contributed by atoms with van der Waals surface area (Å²) in [5, 5.41) is 10.6. The predicted octanol–water partition coefficient (Wildman–Crippen LogP) is 5.30. The number of furan rings is 1. The fourth-order valence-electron chi connectivity index (χ4n) is 3.72. The summed E-state index contributed by atoms with van der Waals surface area (Å²) in [5.74, 6) is 2.70. The van der Waals surface area contributed by atoms with Crippen LogP contribution in [0.4, 0.5) is 0 Å². The van der Waals surface area contributed by atoms with Gasteiger partial charge in [-0.2, -0.15) is 0 Å². The van der Waals surface area contributed by atoms with Crippen LogP contribution in [0.3, 0.4) is 0 Å². The highest BCUT2D eigenvalue weighted by Crippen LogP contribution is 2.31. The first-order valence-electron chi connectivity index (χ1n) is 10.4. The Labute approximate surface area is 194 Å². The van der Waals surface area contributed by atoms with Gasteiger partial charge >= 0.3 is 5.63 Å². The summed E-state index contributed by atoms with van der Waals surface area (Å²) in [6, 6.07) is 19.1. The molecule has 3 heterocycles. The van der Waals surface area contributed by atoms with Gasteiger partial charge in [0.05, 0.1) is 25.5 Å². The summed E-state index contributed by atoms with van der Waals surface area (Å²) in [4.78, 5) is 12.2. The molecule has 0 amide bonds. The third kappa shape index (κ3) is 4.29. The molecule has 33 heavy (non-hydrogen) atoms. The largest absolute Gasteiger partial charge is 0.497 e. The molecule has 0 aliphatic carbocycles. The summed E-state index contributed by atoms with van der Waals surface area (Å²) < 4.78 is 18.2. The van der Waals surface area contributed by atoms with E-state index in [1.165, 1.54) is 17.8 Å². The number of benzene rings is 2. The van der Waals surface area contributed by atoms with E-state index in [1.54, 1.807) is 19.4 Å². The molecule has 5 aromatic rings. The van der Waals surface area contributed by atoms with E-state index in [0.29, 0.717) is 23.6 Å². The molecular weight excluding hydrogens is 438 g/mol. The molecule has 0 atom stereocenters. The normalized spacial score (nSPS) is 11.2. The van der Waals surface area contributed by atoms with E-state index in [1.807, 2.05) is 43.3 Å². The van der Waals surface area contributed by atoms with Crippen molar-refractivity contribution in [3.05, 3.63) is 94.2 Å². The van der Waals surface area contributed by atoms with Gasteiger partial charge in [0, 0.05) is 23.3 Å². The average Bonchev–Trinajstić information content (AvgIpc) is 3.43. The van der Waals surface area contributed by atoms with Gasteiger partial charge in [0.1, 0.15) is 17.1 Å². The Morgan fingerprint density at radius 1 is 1.06 bits per heavy atom. The highest BCUT2D eigenvalue weighted by atomic mass is 32.2. The fourth-order valence-corrected chi connectivity index (χ4v) is 4.65. The Kier molecular flexibility index (Phi) is 5.75. The molecule has 5 rings (SSSR count). The summed E-state index contributed by atoms with van der Waals surface area (Å²) in [6.07, 6.45) is 1.66. The molecule has 7 nitrogen and oxygen atoms in total. The van der Waals surface area contributed by atoms with Crippen molar-refractivity contribution in [1.82, 2.24) is 14.8 Å². The maximum atomic E-state index is 12.2. The van der Waals surface area contributed by atoms with Crippen LogP contribution < -0.4 is 10.4 Å². The number of hydrogen-bond acceptors (Lipinski definition) is 7. The summed E-state index contributed by atoms with van der Waals surface area (Å²) in [6.45, 7) is 2.53. The van der Waals surface area contributed by atoms with Gasteiger partial charge in [0.25, 0.3) is 0 Å². The van der Waals surface area contributed by atoms with Crippen LogP contribution in [-0.2, 0) is 12.3 Å². The van der Waals surface area contributed by atoms with Crippen molar-refractivity contribution >= 4 is 22.7 Å². The molecule has 0 spiro atoms. The van der Waals surface area contributed by atoms with Gasteiger partial charge in [-0.1, -0.05) is 42.1 Å². The lowest BCUT2D eigenvalue weighted by Crippen LogP contribution is -2.05. The smallest absolute Gasteiger partial charge is 0.336 e. The van der Waals surface area contributed by atoms with Crippen molar-refractivity contribution in [3.63, 3.8) is 0 Å². The Morgan fingerprint density at radius 2 is 1.91 bits per heavy atom. The van der Waals surface area contributed by atoms with Crippen molar-refractivity contribution in [2.45, 2.75) is 24.4 Å². The molecule has 8 heteroatoms. The number of nitrogens with zero attached hydrogens (tertiary/aromatic N) is 3. The third-order valence-electron chi connectivity index (χ3n) is 5.39. The van der Waals surface area contributed by atoms with Crippen LogP contribution in [-0.4, -0.2) is 21.9 Å².